The molecule has 118 valence electrons. The molecule has 2 aliphatic rings. The van der Waals surface area contributed by atoms with Crippen molar-refractivity contribution in [2.75, 3.05) is 20.1 Å². The van der Waals surface area contributed by atoms with Gasteiger partial charge in [-0.15, -0.1) is 0 Å². The fourth-order valence-corrected chi connectivity index (χ4v) is 4.48. The largest absolute Gasteiger partial charge is 0.407 e. The third-order valence-corrected chi connectivity index (χ3v) is 5.69. The number of nitrogens with zero attached hydrogens (tertiary/aromatic N) is 1. The van der Waals surface area contributed by atoms with Crippen molar-refractivity contribution in [3.63, 3.8) is 0 Å². The molecule has 1 aliphatic carbocycles. The van der Waals surface area contributed by atoms with E-state index in [0.717, 1.165) is 6.42 Å². The number of hydrogen-bond acceptors (Lipinski definition) is 3. The van der Waals surface area contributed by atoms with Gasteiger partial charge in [0, 0.05) is 19.1 Å². The van der Waals surface area contributed by atoms with E-state index in [1.807, 2.05) is 4.72 Å². The SMILES string of the molecule is CNCC1CCCCN1S(=O)(=O)NC1(C(F)(F)F)CC1. The number of rotatable bonds is 5. The Morgan fingerprint density at radius 1 is 1.30 bits per heavy atom. The first-order chi connectivity index (χ1) is 9.22. The molecule has 1 atom stereocenters. The van der Waals surface area contributed by atoms with E-state index in [-0.39, 0.29) is 25.4 Å². The van der Waals surface area contributed by atoms with Crippen molar-refractivity contribution in [1.82, 2.24) is 14.3 Å². The van der Waals surface area contributed by atoms with Crippen LogP contribution in [-0.2, 0) is 10.2 Å². The maximum Gasteiger partial charge on any atom is 0.407 e. The minimum Gasteiger partial charge on any atom is -0.318 e. The van der Waals surface area contributed by atoms with E-state index in [1.165, 1.54) is 4.31 Å². The molecule has 5 nitrogen and oxygen atoms in total. The van der Waals surface area contributed by atoms with Crippen molar-refractivity contribution < 1.29 is 21.6 Å². The maximum absolute atomic E-state index is 12.9. The van der Waals surface area contributed by atoms with Crippen LogP contribution in [0.1, 0.15) is 32.1 Å². The summed E-state index contributed by atoms with van der Waals surface area (Å²) >= 11 is 0. The van der Waals surface area contributed by atoms with Gasteiger partial charge in [0.15, 0.2) is 0 Å². The summed E-state index contributed by atoms with van der Waals surface area (Å²) in [6.45, 7) is 0.718. The second-order valence-corrected chi connectivity index (χ2v) is 7.13. The predicted molar refractivity (Wildman–Crippen MR) is 68.3 cm³/mol. The Morgan fingerprint density at radius 2 is 1.95 bits per heavy atom. The van der Waals surface area contributed by atoms with Crippen molar-refractivity contribution in [3.05, 3.63) is 0 Å². The molecule has 1 saturated heterocycles. The highest BCUT2D eigenvalue weighted by molar-refractivity contribution is 7.87. The Balaban J connectivity index is 2.13. The minimum atomic E-state index is -4.53. The van der Waals surface area contributed by atoms with Crippen LogP contribution in [0.15, 0.2) is 0 Å². The van der Waals surface area contributed by atoms with Gasteiger partial charge in [0.1, 0.15) is 5.54 Å². The molecular formula is C11H20F3N3O2S. The van der Waals surface area contributed by atoms with Crippen LogP contribution in [0.5, 0.6) is 0 Å². The van der Waals surface area contributed by atoms with Gasteiger partial charge in [-0.3, -0.25) is 0 Å². The molecule has 2 N–H and O–H groups in total. The summed E-state index contributed by atoms with van der Waals surface area (Å²) in [6.07, 6.45) is -2.65. The number of piperidine rings is 1. The van der Waals surface area contributed by atoms with Gasteiger partial charge in [0.2, 0.25) is 0 Å². The summed E-state index contributed by atoms with van der Waals surface area (Å²) in [7, 11) is -2.41. The van der Waals surface area contributed by atoms with E-state index >= 15 is 0 Å². The molecule has 20 heavy (non-hydrogen) atoms. The molecule has 1 aliphatic heterocycles. The lowest BCUT2D eigenvalue weighted by Gasteiger charge is -2.36. The molecule has 0 aromatic rings. The van der Waals surface area contributed by atoms with Gasteiger partial charge in [-0.25, -0.2) is 0 Å². The number of likely N-dealkylation sites (N-methyl/N-ethyl adjacent to an activating group) is 1. The highest BCUT2D eigenvalue weighted by Crippen LogP contribution is 2.49. The average Bonchev–Trinajstić information content (AvgIpc) is 3.09. The molecule has 9 heteroatoms. The fourth-order valence-electron chi connectivity index (χ4n) is 2.60. The molecule has 0 aromatic heterocycles. The Labute approximate surface area is 117 Å². The molecule has 1 saturated carbocycles. The van der Waals surface area contributed by atoms with E-state index in [1.54, 1.807) is 7.05 Å². The van der Waals surface area contributed by atoms with Crippen LogP contribution in [0, 0.1) is 0 Å². The molecule has 0 bridgehead atoms. The molecule has 0 amide bonds. The molecule has 2 rings (SSSR count). The van der Waals surface area contributed by atoms with Crippen LogP contribution in [0.25, 0.3) is 0 Å². The van der Waals surface area contributed by atoms with E-state index < -0.39 is 21.9 Å². The van der Waals surface area contributed by atoms with Crippen LogP contribution < -0.4 is 10.0 Å². The first kappa shape index (κ1) is 16.0. The summed E-state index contributed by atoms with van der Waals surface area (Å²) in [5, 5.41) is 2.89. The highest BCUT2D eigenvalue weighted by atomic mass is 32.2. The van der Waals surface area contributed by atoms with Crippen molar-refractivity contribution >= 4 is 10.2 Å². The van der Waals surface area contributed by atoms with Crippen molar-refractivity contribution in [2.24, 2.45) is 0 Å². The standard InChI is InChI=1S/C11H20F3N3O2S/c1-15-8-9-4-2-3-7-17(9)20(18,19)16-10(5-6-10)11(12,13)14/h9,15-16H,2-8H2,1H3. The van der Waals surface area contributed by atoms with Crippen LogP contribution in [-0.4, -0.2) is 50.6 Å². The summed E-state index contributed by atoms with van der Waals surface area (Å²) < 4.78 is 66.2. The molecule has 2 fully saturated rings. The lowest BCUT2D eigenvalue weighted by Crippen LogP contribution is -2.57. The van der Waals surface area contributed by atoms with Crippen LogP contribution in [0.4, 0.5) is 13.2 Å². The van der Waals surface area contributed by atoms with Gasteiger partial charge in [0.05, 0.1) is 0 Å². The molecule has 1 heterocycles. The predicted octanol–water partition coefficient (Wildman–Crippen LogP) is 0.990. The molecule has 0 radical (unpaired) electrons. The van der Waals surface area contributed by atoms with Crippen LogP contribution >= 0.6 is 0 Å². The number of halogens is 3. The van der Waals surface area contributed by atoms with Crippen molar-refractivity contribution in [3.8, 4) is 0 Å². The van der Waals surface area contributed by atoms with Gasteiger partial charge < -0.3 is 5.32 Å². The summed E-state index contributed by atoms with van der Waals surface area (Å²) in [4.78, 5) is 0. The topological polar surface area (TPSA) is 61.4 Å². The Morgan fingerprint density at radius 3 is 2.45 bits per heavy atom. The third-order valence-electron chi connectivity index (χ3n) is 3.94. The lowest BCUT2D eigenvalue weighted by atomic mass is 10.1. The number of nitrogens with one attached hydrogen (secondary N) is 2. The fraction of sp³-hybridized carbons (Fsp3) is 1.00. The monoisotopic (exact) mass is 315 g/mol. The average molecular weight is 315 g/mol. The molecule has 1 unspecified atom stereocenters. The number of alkyl halides is 3. The maximum atomic E-state index is 12.9. The smallest absolute Gasteiger partial charge is 0.318 e. The first-order valence-electron chi connectivity index (χ1n) is 6.74. The third kappa shape index (κ3) is 3.10. The van der Waals surface area contributed by atoms with Gasteiger partial charge in [-0.1, -0.05) is 6.42 Å². The van der Waals surface area contributed by atoms with E-state index in [4.69, 9.17) is 0 Å². The molecule has 0 aromatic carbocycles. The van der Waals surface area contributed by atoms with Gasteiger partial charge >= 0.3 is 6.18 Å². The van der Waals surface area contributed by atoms with E-state index in [2.05, 4.69) is 5.32 Å². The zero-order chi connectivity index (χ0) is 15.0. The van der Waals surface area contributed by atoms with Crippen molar-refractivity contribution in [1.29, 1.82) is 0 Å². The van der Waals surface area contributed by atoms with E-state index in [9.17, 15) is 21.6 Å². The minimum absolute atomic E-state index is 0.180. The normalized spacial score (nSPS) is 27.5. The number of hydrogen-bond donors (Lipinski definition) is 2. The van der Waals surface area contributed by atoms with Crippen LogP contribution in [0.3, 0.4) is 0 Å². The summed E-state index contributed by atoms with van der Waals surface area (Å²) in [5.74, 6) is 0. The zero-order valence-electron chi connectivity index (χ0n) is 11.3. The van der Waals surface area contributed by atoms with Gasteiger partial charge in [-0.05, 0) is 32.7 Å². The second-order valence-electron chi connectivity index (χ2n) is 5.50. The quantitative estimate of drug-likeness (QED) is 0.795. The van der Waals surface area contributed by atoms with E-state index in [0.29, 0.717) is 19.4 Å². The van der Waals surface area contributed by atoms with Gasteiger partial charge in [-0.2, -0.15) is 30.6 Å². The summed E-state index contributed by atoms with van der Waals surface area (Å²) in [6, 6.07) is -0.282. The zero-order valence-corrected chi connectivity index (χ0v) is 12.1. The van der Waals surface area contributed by atoms with Crippen LogP contribution in [0.2, 0.25) is 0 Å². The Bertz CT molecular complexity index is 446. The first-order valence-corrected chi connectivity index (χ1v) is 8.18. The molecular weight excluding hydrogens is 295 g/mol. The lowest BCUT2D eigenvalue weighted by molar-refractivity contribution is -0.161. The Hall–Kier alpha value is -0.380. The second kappa shape index (κ2) is 5.43. The molecule has 0 spiro atoms. The Kier molecular flexibility index (Phi) is 4.35. The highest BCUT2D eigenvalue weighted by Gasteiger charge is 2.65. The summed E-state index contributed by atoms with van der Waals surface area (Å²) in [5.41, 5.74) is -2.24. The van der Waals surface area contributed by atoms with Crippen molar-refractivity contribution in [2.45, 2.75) is 49.9 Å². The van der Waals surface area contributed by atoms with Gasteiger partial charge in [0.25, 0.3) is 10.2 Å².